The van der Waals surface area contributed by atoms with Gasteiger partial charge in [-0.15, -0.1) is 0 Å². The van der Waals surface area contributed by atoms with Gasteiger partial charge in [-0.3, -0.25) is 5.32 Å². The summed E-state index contributed by atoms with van der Waals surface area (Å²) in [5.41, 5.74) is -0.838. The largest absolute Gasteiger partial charge is 0.392 e. The minimum atomic E-state index is -4.21. The van der Waals surface area contributed by atoms with Gasteiger partial charge in [0.1, 0.15) is 12.5 Å². The highest BCUT2D eigenvalue weighted by atomic mass is 19.4. The van der Waals surface area contributed by atoms with Crippen LogP contribution in [-0.4, -0.2) is 32.3 Å². The molecule has 0 amide bonds. The summed E-state index contributed by atoms with van der Waals surface area (Å²) in [5, 5.41) is 2.65. The van der Waals surface area contributed by atoms with Gasteiger partial charge < -0.3 is 9.53 Å². The molecule has 0 spiro atoms. The number of methoxy groups -OCH3 is 1. The molecular formula is C10H16F3NO2. The van der Waals surface area contributed by atoms with Crippen LogP contribution in [0.1, 0.15) is 13.8 Å². The Morgan fingerprint density at radius 1 is 1.50 bits per heavy atom. The Morgan fingerprint density at radius 2 is 2.06 bits per heavy atom. The molecule has 6 heteroatoms. The van der Waals surface area contributed by atoms with Gasteiger partial charge in [-0.1, -0.05) is 13.8 Å². The van der Waals surface area contributed by atoms with Gasteiger partial charge in [0.05, 0.1) is 12.5 Å². The Bertz CT molecular complexity index is 265. The van der Waals surface area contributed by atoms with Crippen molar-refractivity contribution in [3.63, 3.8) is 0 Å². The van der Waals surface area contributed by atoms with E-state index in [9.17, 15) is 18.0 Å². The molecule has 1 aliphatic rings. The highest BCUT2D eigenvalue weighted by molar-refractivity contribution is 5.51. The third-order valence-corrected chi connectivity index (χ3v) is 3.25. The first-order valence-corrected chi connectivity index (χ1v) is 5.03. The van der Waals surface area contributed by atoms with Crippen LogP contribution in [-0.2, 0) is 9.53 Å². The molecule has 1 fully saturated rings. The molecule has 3 unspecified atom stereocenters. The molecule has 16 heavy (non-hydrogen) atoms. The predicted molar refractivity (Wildman–Crippen MR) is 51.7 cm³/mol. The van der Waals surface area contributed by atoms with Crippen LogP contribution in [0.25, 0.3) is 0 Å². The van der Waals surface area contributed by atoms with E-state index in [0.717, 1.165) is 0 Å². The van der Waals surface area contributed by atoms with Gasteiger partial charge >= 0.3 is 6.18 Å². The Morgan fingerprint density at radius 3 is 2.38 bits per heavy atom. The van der Waals surface area contributed by atoms with Crippen molar-refractivity contribution in [1.82, 2.24) is 5.32 Å². The van der Waals surface area contributed by atoms with Crippen molar-refractivity contribution >= 4 is 6.29 Å². The molecule has 0 aliphatic heterocycles. The summed E-state index contributed by atoms with van der Waals surface area (Å²) >= 11 is 0. The van der Waals surface area contributed by atoms with Gasteiger partial charge in [0, 0.05) is 13.0 Å². The lowest BCUT2D eigenvalue weighted by molar-refractivity contribution is -0.160. The minimum Gasteiger partial charge on any atom is -0.366 e. The molecule has 0 aromatic rings. The van der Waals surface area contributed by atoms with Crippen LogP contribution in [0.3, 0.4) is 0 Å². The molecule has 3 nitrogen and oxygen atoms in total. The van der Waals surface area contributed by atoms with Crippen LogP contribution in [0.4, 0.5) is 13.2 Å². The fourth-order valence-electron chi connectivity index (χ4n) is 2.39. The van der Waals surface area contributed by atoms with Crippen molar-refractivity contribution in [2.24, 2.45) is 17.3 Å². The van der Waals surface area contributed by atoms with Crippen LogP contribution in [0.5, 0.6) is 0 Å². The Hall–Kier alpha value is -0.620. The van der Waals surface area contributed by atoms with Crippen molar-refractivity contribution < 1.29 is 22.7 Å². The second kappa shape index (κ2) is 4.33. The quantitative estimate of drug-likeness (QED) is 0.584. The second-order valence-electron chi connectivity index (χ2n) is 4.60. The van der Waals surface area contributed by atoms with Gasteiger partial charge in [-0.25, -0.2) is 0 Å². The third kappa shape index (κ3) is 2.38. The maximum Gasteiger partial charge on any atom is 0.392 e. The molecule has 3 atom stereocenters. The first-order chi connectivity index (χ1) is 7.26. The normalized spacial score (nSPS) is 29.9. The first-order valence-electron chi connectivity index (χ1n) is 5.03. The maximum absolute atomic E-state index is 12.7. The summed E-state index contributed by atoms with van der Waals surface area (Å²) in [6.45, 7) is 3.12. The number of ether oxygens (including phenoxy) is 1. The standard InChI is InChI=1S/C10H16F3NO2/c1-9(2)6(7(9)10(11,12)13)8(16-3)14-4-5-15/h5-8,14H,4H2,1-3H3. The molecule has 1 saturated carbocycles. The predicted octanol–water partition coefficient (Wildman–Crippen LogP) is 1.58. The van der Waals surface area contributed by atoms with Gasteiger partial charge in [0.2, 0.25) is 0 Å². The fourth-order valence-corrected chi connectivity index (χ4v) is 2.39. The van der Waals surface area contributed by atoms with Crippen molar-refractivity contribution in [2.45, 2.75) is 26.3 Å². The molecule has 94 valence electrons. The zero-order valence-corrected chi connectivity index (χ0v) is 9.47. The molecule has 0 saturated heterocycles. The molecule has 0 radical (unpaired) electrons. The molecular weight excluding hydrogens is 223 g/mol. The van der Waals surface area contributed by atoms with Crippen molar-refractivity contribution in [3.8, 4) is 0 Å². The van der Waals surface area contributed by atoms with E-state index >= 15 is 0 Å². The molecule has 1 rings (SSSR count). The number of hydrogen-bond donors (Lipinski definition) is 1. The highest BCUT2D eigenvalue weighted by Gasteiger charge is 2.72. The van der Waals surface area contributed by atoms with E-state index in [1.54, 1.807) is 13.8 Å². The van der Waals surface area contributed by atoms with Crippen molar-refractivity contribution in [3.05, 3.63) is 0 Å². The monoisotopic (exact) mass is 239 g/mol. The Kier molecular flexibility index (Phi) is 3.64. The number of carbonyl (C=O) groups excluding carboxylic acids is 1. The van der Waals surface area contributed by atoms with E-state index < -0.39 is 29.7 Å². The fraction of sp³-hybridized carbons (Fsp3) is 0.900. The topological polar surface area (TPSA) is 38.3 Å². The molecule has 1 aliphatic carbocycles. The molecule has 0 aromatic carbocycles. The average molecular weight is 239 g/mol. The van der Waals surface area contributed by atoms with Gasteiger partial charge in [-0.05, 0) is 5.41 Å². The number of halogens is 3. The summed E-state index contributed by atoms with van der Waals surface area (Å²) in [7, 11) is 1.34. The van der Waals surface area contributed by atoms with E-state index in [4.69, 9.17) is 4.74 Å². The SMILES string of the molecule is COC(NCC=O)C1C(C(F)(F)F)C1(C)C. The van der Waals surface area contributed by atoms with E-state index in [2.05, 4.69) is 5.32 Å². The third-order valence-electron chi connectivity index (χ3n) is 3.25. The average Bonchev–Trinajstić information content (AvgIpc) is 2.70. The zero-order valence-electron chi connectivity index (χ0n) is 9.47. The van der Waals surface area contributed by atoms with Gasteiger partial charge in [-0.2, -0.15) is 13.2 Å². The van der Waals surface area contributed by atoms with E-state index in [-0.39, 0.29) is 6.54 Å². The summed E-state index contributed by atoms with van der Waals surface area (Å²) in [5.74, 6) is -2.01. The van der Waals surface area contributed by atoms with E-state index in [1.807, 2.05) is 0 Å². The molecule has 0 aromatic heterocycles. The Labute approximate surface area is 92.3 Å². The highest BCUT2D eigenvalue weighted by Crippen LogP contribution is 2.66. The van der Waals surface area contributed by atoms with Crippen molar-refractivity contribution in [2.75, 3.05) is 13.7 Å². The second-order valence-corrected chi connectivity index (χ2v) is 4.60. The lowest BCUT2D eigenvalue weighted by Crippen LogP contribution is -2.36. The molecule has 0 heterocycles. The van der Waals surface area contributed by atoms with Crippen LogP contribution in [0.15, 0.2) is 0 Å². The van der Waals surface area contributed by atoms with Crippen molar-refractivity contribution in [1.29, 1.82) is 0 Å². The number of alkyl halides is 3. The molecule has 0 bridgehead atoms. The minimum absolute atomic E-state index is 0.00430. The number of rotatable bonds is 5. The number of hydrogen-bond acceptors (Lipinski definition) is 3. The first kappa shape index (κ1) is 13.4. The number of aldehydes is 1. The molecule has 1 N–H and O–H groups in total. The summed E-state index contributed by atoms with van der Waals surface area (Å²) in [4.78, 5) is 10.2. The Balaban J connectivity index is 2.70. The number of nitrogens with one attached hydrogen (secondary N) is 1. The number of carbonyl (C=O) groups is 1. The van der Waals surface area contributed by atoms with Crippen LogP contribution < -0.4 is 5.32 Å². The lowest BCUT2D eigenvalue weighted by atomic mass is 10.1. The summed E-state index contributed by atoms with van der Waals surface area (Å²) in [6.07, 6.45) is -4.34. The van der Waals surface area contributed by atoms with E-state index in [0.29, 0.717) is 6.29 Å². The van der Waals surface area contributed by atoms with Gasteiger partial charge in [0.15, 0.2) is 0 Å². The van der Waals surface area contributed by atoms with Crippen LogP contribution in [0, 0.1) is 17.3 Å². The van der Waals surface area contributed by atoms with E-state index in [1.165, 1.54) is 7.11 Å². The lowest BCUT2D eigenvalue weighted by Gasteiger charge is -2.17. The summed E-state index contributed by atoms with van der Waals surface area (Å²) in [6, 6.07) is 0. The summed E-state index contributed by atoms with van der Waals surface area (Å²) < 4.78 is 42.9. The van der Waals surface area contributed by atoms with Gasteiger partial charge in [0.25, 0.3) is 0 Å². The van der Waals surface area contributed by atoms with Crippen LogP contribution >= 0.6 is 0 Å². The zero-order chi connectivity index (χ0) is 12.6. The van der Waals surface area contributed by atoms with Crippen LogP contribution in [0.2, 0.25) is 0 Å². The smallest absolute Gasteiger partial charge is 0.366 e. The maximum atomic E-state index is 12.7.